The number of rotatable bonds is 6. The number of nitrogens with two attached hydrogens (primary N) is 1. The lowest BCUT2D eigenvalue weighted by atomic mass is 10.2. The van der Waals surface area contributed by atoms with Gasteiger partial charge in [0.1, 0.15) is 11.5 Å². The average molecular weight is 360 g/mol. The van der Waals surface area contributed by atoms with Crippen molar-refractivity contribution in [2.75, 3.05) is 12.8 Å². The van der Waals surface area contributed by atoms with E-state index in [-0.39, 0.29) is 29.6 Å². The van der Waals surface area contributed by atoms with Crippen molar-refractivity contribution in [1.82, 2.24) is 30.7 Å². The largest absolute Gasteiger partial charge is 0.378 e. The lowest BCUT2D eigenvalue weighted by molar-refractivity contribution is 0.0944. The number of amides is 1. The number of carbonyl (C=O) groups is 1. The topological polar surface area (TPSA) is 146 Å². The Morgan fingerprint density at radius 1 is 1.50 bits per heavy atom. The molecule has 0 aliphatic heterocycles. The van der Waals surface area contributed by atoms with Crippen LogP contribution in [0.1, 0.15) is 21.7 Å². The Labute approximate surface area is 145 Å². The molecule has 0 saturated heterocycles. The maximum absolute atomic E-state index is 13.1. The molecule has 0 bridgehead atoms. The second-order valence-electron chi connectivity index (χ2n) is 4.96. The number of hydrazone groups is 1. The van der Waals surface area contributed by atoms with Crippen LogP contribution in [0, 0.1) is 5.82 Å². The number of carbonyl (C=O) groups excluding carboxylic acids is 1. The van der Waals surface area contributed by atoms with Gasteiger partial charge < -0.3 is 10.5 Å². The Kier molecular flexibility index (Phi) is 4.94. The number of halogens is 1. The summed E-state index contributed by atoms with van der Waals surface area (Å²) in [5.41, 5.74) is 8.61. The van der Waals surface area contributed by atoms with E-state index in [1.807, 2.05) is 0 Å². The molecule has 1 amide bonds. The Balaban J connectivity index is 1.81. The van der Waals surface area contributed by atoms with Crippen LogP contribution >= 0.6 is 0 Å². The Hall–Kier alpha value is -3.67. The summed E-state index contributed by atoms with van der Waals surface area (Å²) in [6.45, 7) is -0.00430. The molecule has 26 heavy (non-hydrogen) atoms. The summed E-state index contributed by atoms with van der Waals surface area (Å²) in [7, 11) is 1.44. The summed E-state index contributed by atoms with van der Waals surface area (Å²) < 4.78 is 23.9. The van der Waals surface area contributed by atoms with Crippen LogP contribution in [-0.2, 0) is 11.3 Å². The Bertz CT molecular complexity index is 951. The van der Waals surface area contributed by atoms with E-state index in [4.69, 9.17) is 10.5 Å². The fourth-order valence-corrected chi connectivity index (χ4v) is 2.06. The van der Waals surface area contributed by atoms with Crippen LogP contribution < -0.4 is 11.2 Å². The van der Waals surface area contributed by atoms with Gasteiger partial charge in [0, 0.05) is 7.11 Å². The molecule has 0 aliphatic rings. The highest BCUT2D eigenvalue weighted by molar-refractivity contribution is 5.94. The summed E-state index contributed by atoms with van der Waals surface area (Å²) in [6, 6.07) is 5.72. The van der Waals surface area contributed by atoms with E-state index in [1.54, 1.807) is 6.07 Å². The summed E-state index contributed by atoms with van der Waals surface area (Å²) in [6.07, 6.45) is 1.29. The van der Waals surface area contributed by atoms with Crippen molar-refractivity contribution >= 4 is 17.9 Å². The summed E-state index contributed by atoms with van der Waals surface area (Å²) >= 11 is 0. The van der Waals surface area contributed by atoms with E-state index >= 15 is 0 Å². The molecule has 3 aromatic rings. The molecule has 3 rings (SSSR count). The van der Waals surface area contributed by atoms with Gasteiger partial charge in [-0.2, -0.15) is 9.78 Å². The predicted molar refractivity (Wildman–Crippen MR) is 85.8 cm³/mol. The van der Waals surface area contributed by atoms with Crippen LogP contribution in [0.15, 0.2) is 34.0 Å². The molecule has 0 fully saturated rings. The number of nitrogen functional groups attached to an aromatic ring is 1. The molecule has 1 aromatic carbocycles. The molecule has 12 heteroatoms. The first-order chi connectivity index (χ1) is 12.6. The number of nitrogens with zero attached hydrogens (tertiary/aromatic N) is 6. The Morgan fingerprint density at radius 2 is 2.35 bits per heavy atom. The van der Waals surface area contributed by atoms with E-state index in [0.29, 0.717) is 5.56 Å². The highest BCUT2D eigenvalue weighted by Crippen LogP contribution is 2.16. The standard InChI is InChI=1S/C14H13FN8O3/c1-25-7-10-11(18-22-23(10)13-12(16)20-26-21-13)14(24)19-17-6-8-3-2-4-9(15)5-8/h2-6H,7H2,1H3,(H2,16,20)(H,19,24). The number of aromatic nitrogens is 5. The summed E-state index contributed by atoms with van der Waals surface area (Å²) in [4.78, 5) is 12.3. The average Bonchev–Trinajstić information content (AvgIpc) is 3.21. The molecule has 134 valence electrons. The highest BCUT2D eigenvalue weighted by atomic mass is 19.1. The quantitative estimate of drug-likeness (QED) is 0.471. The van der Waals surface area contributed by atoms with Gasteiger partial charge in [0.25, 0.3) is 5.91 Å². The second-order valence-corrected chi connectivity index (χ2v) is 4.96. The number of hydrogen-bond donors (Lipinski definition) is 2. The summed E-state index contributed by atoms with van der Waals surface area (Å²) in [5, 5.41) is 18.4. The number of hydrogen-bond acceptors (Lipinski definition) is 9. The molecular weight excluding hydrogens is 347 g/mol. The molecule has 0 radical (unpaired) electrons. The SMILES string of the molecule is COCc1c(C(=O)NN=Cc2cccc(F)c2)nnn1-c1nonc1N. The molecule has 11 nitrogen and oxygen atoms in total. The minimum absolute atomic E-state index is 0.00430. The van der Waals surface area contributed by atoms with Crippen molar-refractivity contribution < 1.29 is 18.6 Å². The van der Waals surface area contributed by atoms with Gasteiger partial charge in [0.05, 0.1) is 12.8 Å². The normalized spacial score (nSPS) is 11.2. The number of ether oxygens (including phenoxy) is 1. The molecule has 2 aromatic heterocycles. The maximum atomic E-state index is 13.1. The van der Waals surface area contributed by atoms with Crippen molar-refractivity contribution in [3.05, 3.63) is 47.0 Å². The first kappa shape index (κ1) is 17.2. The highest BCUT2D eigenvalue weighted by Gasteiger charge is 2.23. The maximum Gasteiger partial charge on any atom is 0.293 e. The van der Waals surface area contributed by atoms with Gasteiger partial charge in [0.2, 0.25) is 11.6 Å². The van der Waals surface area contributed by atoms with E-state index in [2.05, 4.69) is 35.8 Å². The van der Waals surface area contributed by atoms with Gasteiger partial charge in [-0.1, -0.05) is 17.3 Å². The lowest BCUT2D eigenvalue weighted by Gasteiger charge is -2.03. The van der Waals surface area contributed by atoms with Gasteiger partial charge in [-0.25, -0.2) is 14.4 Å². The van der Waals surface area contributed by atoms with Crippen molar-refractivity contribution in [2.45, 2.75) is 6.61 Å². The van der Waals surface area contributed by atoms with Gasteiger partial charge >= 0.3 is 0 Å². The van der Waals surface area contributed by atoms with Crippen LogP contribution in [0.25, 0.3) is 5.82 Å². The van der Waals surface area contributed by atoms with Crippen LogP contribution in [0.4, 0.5) is 10.2 Å². The number of anilines is 1. The number of benzene rings is 1. The van der Waals surface area contributed by atoms with Crippen molar-refractivity contribution in [1.29, 1.82) is 0 Å². The third-order valence-electron chi connectivity index (χ3n) is 3.18. The van der Waals surface area contributed by atoms with Crippen LogP contribution in [-0.4, -0.2) is 44.5 Å². The third kappa shape index (κ3) is 3.54. The first-order valence-corrected chi connectivity index (χ1v) is 7.21. The van der Waals surface area contributed by atoms with Gasteiger partial charge in [-0.05, 0) is 28.0 Å². The minimum atomic E-state index is -0.647. The van der Waals surface area contributed by atoms with Crippen LogP contribution in [0.3, 0.4) is 0 Å². The van der Waals surface area contributed by atoms with Crippen LogP contribution in [0.2, 0.25) is 0 Å². The van der Waals surface area contributed by atoms with Gasteiger partial charge in [-0.3, -0.25) is 4.79 Å². The zero-order valence-corrected chi connectivity index (χ0v) is 13.5. The molecule has 0 spiro atoms. The zero-order chi connectivity index (χ0) is 18.5. The fraction of sp³-hybridized carbons (Fsp3) is 0.143. The Morgan fingerprint density at radius 3 is 3.04 bits per heavy atom. The van der Waals surface area contributed by atoms with Crippen molar-refractivity contribution in [2.24, 2.45) is 5.10 Å². The molecule has 0 atom stereocenters. The van der Waals surface area contributed by atoms with Gasteiger partial charge in [-0.15, -0.1) is 5.10 Å². The van der Waals surface area contributed by atoms with E-state index in [1.165, 1.54) is 36.2 Å². The molecule has 2 heterocycles. The van der Waals surface area contributed by atoms with E-state index < -0.39 is 11.7 Å². The first-order valence-electron chi connectivity index (χ1n) is 7.21. The lowest BCUT2D eigenvalue weighted by Crippen LogP contribution is -2.20. The van der Waals surface area contributed by atoms with E-state index in [9.17, 15) is 9.18 Å². The van der Waals surface area contributed by atoms with Crippen LogP contribution in [0.5, 0.6) is 0 Å². The molecule has 3 N–H and O–H groups in total. The molecule has 0 aliphatic carbocycles. The minimum Gasteiger partial charge on any atom is -0.378 e. The monoisotopic (exact) mass is 360 g/mol. The molecule has 0 unspecified atom stereocenters. The smallest absolute Gasteiger partial charge is 0.293 e. The molecular formula is C14H13FN8O3. The summed E-state index contributed by atoms with van der Waals surface area (Å²) in [5.74, 6) is -1.01. The van der Waals surface area contributed by atoms with Crippen molar-refractivity contribution in [3.63, 3.8) is 0 Å². The van der Waals surface area contributed by atoms with Gasteiger partial charge in [0.15, 0.2) is 5.69 Å². The second kappa shape index (κ2) is 7.48. The van der Waals surface area contributed by atoms with E-state index in [0.717, 1.165) is 0 Å². The third-order valence-corrected chi connectivity index (χ3v) is 3.18. The number of methoxy groups -OCH3 is 1. The fourth-order valence-electron chi connectivity index (χ4n) is 2.06. The number of nitrogens with one attached hydrogen (secondary N) is 1. The zero-order valence-electron chi connectivity index (χ0n) is 13.5. The molecule has 0 saturated carbocycles. The predicted octanol–water partition coefficient (Wildman–Crippen LogP) is 0.282. The van der Waals surface area contributed by atoms with Crippen molar-refractivity contribution in [3.8, 4) is 5.82 Å².